The zero-order chi connectivity index (χ0) is 18.9. The predicted molar refractivity (Wildman–Crippen MR) is 95.1 cm³/mol. The van der Waals surface area contributed by atoms with Crippen LogP contribution in [-0.2, 0) is 20.8 Å². The molecule has 7 heteroatoms. The van der Waals surface area contributed by atoms with E-state index in [4.69, 9.17) is 9.47 Å². The Kier molecular flexibility index (Phi) is 5.43. The summed E-state index contributed by atoms with van der Waals surface area (Å²) in [5, 5.41) is 0. The summed E-state index contributed by atoms with van der Waals surface area (Å²) in [6.45, 7) is 5.67. The van der Waals surface area contributed by atoms with E-state index in [0.717, 1.165) is 38.5 Å². The molecule has 27 heavy (non-hydrogen) atoms. The maximum absolute atomic E-state index is 13.4. The second kappa shape index (κ2) is 7.81. The maximum atomic E-state index is 13.4. The van der Waals surface area contributed by atoms with Gasteiger partial charge in [0.25, 0.3) is 0 Å². The number of piperidine rings is 1. The largest absolute Gasteiger partial charge is 0.376 e. The molecule has 4 rings (SSSR count). The molecule has 148 valence electrons. The summed E-state index contributed by atoms with van der Waals surface area (Å²) in [6, 6.07) is 3.46. The molecule has 0 N–H and O–H groups in total. The predicted octanol–water partition coefficient (Wildman–Crippen LogP) is 2.19. The topological polar surface area (TPSA) is 42.0 Å². The smallest absolute Gasteiger partial charge is 0.223 e. The van der Waals surface area contributed by atoms with Crippen molar-refractivity contribution in [3.8, 4) is 0 Å². The molecule has 1 aromatic carbocycles. The number of likely N-dealkylation sites (tertiary alicyclic amines) is 2. The van der Waals surface area contributed by atoms with E-state index in [0.29, 0.717) is 38.3 Å². The average molecular weight is 380 g/mol. The molecule has 0 saturated carbocycles. The highest BCUT2D eigenvalue weighted by Gasteiger charge is 2.44. The van der Waals surface area contributed by atoms with Crippen molar-refractivity contribution in [3.05, 3.63) is 35.4 Å². The highest BCUT2D eigenvalue weighted by Crippen LogP contribution is 2.41. The summed E-state index contributed by atoms with van der Waals surface area (Å²) in [7, 11) is 0. The van der Waals surface area contributed by atoms with Crippen molar-refractivity contribution >= 4 is 5.91 Å². The van der Waals surface area contributed by atoms with Gasteiger partial charge in [-0.3, -0.25) is 4.79 Å². The van der Waals surface area contributed by atoms with Gasteiger partial charge in [0.05, 0.1) is 25.9 Å². The van der Waals surface area contributed by atoms with Crippen molar-refractivity contribution in [2.75, 3.05) is 46.0 Å². The monoisotopic (exact) mass is 380 g/mol. The SMILES string of the molecule is O=C1CC2(CCN(C[C@@H]3COCCO3)CC2)CN1Cc1cc(F)cc(F)c1. The lowest BCUT2D eigenvalue weighted by Gasteiger charge is -2.40. The van der Waals surface area contributed by atoms with Crippen molar-refractivity contribution in [1.29, 1.82) is 0 Å². The Bertz CT molecular complexity index is 666. The third kappa shape index (κ3) is 4.47. The first-order valence-electron chi connectivity index (χ1n) is 9.66. The van der Waals surface area contributed by atoms with Crippen molar-refractivity contribution in [1.82, 2.24) is 9.80 Å². The summed E-state index contributed by atoms with van der Waals surface area (Å²) in [5.41, 5.74) is 0.494. The number of nitrogens with zero attached hydrogens (tertiary/aromatic N) is 2. The van der Waals surface area contributed by atoms with E-state index in [1.165, 1.54) is 12.1 Å². The number of amides is 1. The molecule has 0 radical (unpaired) electrons. The van der Waals surface area contributed by atoms with Gasteiger partial charge in [0, 0.05) is 32.1 Å². The van der Waals surface area contributed by atoms with Crippen LogP contribution >= 0.6 is 0 Å². The molecule has 1 amide bonds. The van der Waals surface area contributed by atoms with E-state index in [1.54, 1.807) is 4.90 Å². The fourth-order valence-corrected chi connectivity index (χ4v) is 4.52. The maximum Gasteiger partial charge on any atom is 0.223 e. The van der Waals surface area contributed by atoms with E-state index in [2.05, 4.69) is 4.90 Å². The molecule has 3 fully saturated rings. The molecule has 0 bridgehead atoms. The Morgan fingerprint density at radius 1 is 1.11 bits per heavy atom. The highest BCUT2D eigenvalue weighted by molar-refractivity contribution is 5.79. The number of ether oxygens (including phenoxy) is 2. The standard InChI is InChI=1S/C20H26F2N2O3/c21-16-7-15(8-17(22)9-16)11-24-14-20(10-19(24)25)1-3-23(4-2-20)12-18-13-26-5-6-27-18/h7-9,18H,1-6,10-14H2/t18-/m1/s1. The number of carbonyl (C=O) groups excluding carboxylic acids is 1. The van der Waals surface area contributed by atoms with Crippen LogP contribution in [0, 0.1) is 17.0 Å². The Labute approximate surface area is 158 Å². The molecule has 1 aromatic rings. The molecule has 3 aliphatic heterocycles. The Balaban J connectivity index is 1.32. The molecular weight excluding hydrogens is 354 g/mol. The molecule has 5 nitrogen and oxygen atoms in total. The Morgan fingerprint density at radius 2 is 1.85 bits per heavy atom. The van der Waals surface area contributed by atoms with Crippen LogP contribution in [0.25, 0.3) is 0 Å². The van der Waals surface area contributed by atoms with Crippen LogP contribution < -0.4 is 0 Å². The second-order valence-electron chi connectivity index (χ2n) is 8.07. The van der Waals surface area contributed by atoms with Crippen LogP contribution in [0.15, 0.2) is 18.2 Å². The van der Waals surface area contributed by atoms with Crippen molar-refractivity contribution in [2.24, 2.45) is 5.41 Å². The van der Waals surface area contributed by atoms with E-state index >= 15 is 0 Å². The lowest BCUT2D eigenvalue weighted by Crippen LogP contribution is -2.46. The number of hydrogen-bond acceptors (Lipinski definition) is 4. The molecule has 3 saturated heterocycles. The Hall–Kier alpha value is -1.57. The van der Waals surface area contributed by atoms with Crippen LogP contribution in [0.1, 0.15) is 24.8 Å². The third-order valence-corrected chi connectivity index (χ3v) is 5.96. The van der Waals surface area contributed by atoms with Gasteiger partial charge in [-0.25, -0.2) is 8.78 Å². The first kappa shape index (κ1) is 18.8. The van der Waals surface area contributed by atoms with Gasteiger partial charge >= 0.3 is 0 Å². The summed E-state index contributed by atoms with van der Waals surface area (Å²) in [6.07, 6.45) is 2.58. The van der Waals surface area contributed by atoms with Crippen LogP contribution in [0.5, 0.6) is 0 Å². The Morgan fingerprint density at radius 3 is 2.52 bits per heavy atom. The van der Waals surface area contributed by atoms with Gasteiger partial charge in [-0.2, -0.15) is 0 Å². The quantitative estimate of drug-likeness (QED) is 0.803. The lowest BCUT2D eigenvalue weighted by molar-refractivity contribution is -0.128. The first-order valence-corrected chi connectivity index (χ1v) is 9.66. The molecule has 0 unspecified atom stereocenters. The minimum atomic E-state index is -0.603. The summed E-state index contributed by atoms with van der Waals surface area (Å²) < 4.78 is 38.0. The van der Waals surface area contributed by atoms with Crippen molar-refractivity contribution < 1.29 is 23.0 Å². The number of rotatable bonds is 4. The van der Waals surface area contributed by atoms with Crippen LogP contribution in [0.4, 0.5) is 8.78 Å². The minimum absolute atomic E-state index is 0.0105. The number of halogens is 2. The van der Waals surface area contributed by atoms with Gasteiger partial charge in [0.15, 0.2) is 0 Å². The zero-order valence-corrected chi connectivity index (χ0v) is 15.5. The van der Waals surface area contributed by atoms with Crippen LogP contribution in [-0.4, -0.2) is 67.8 Å². The van der Waals surface area contributed by atoms with Crippen molar-refractivity contribution in [3.63, 3.8) is 0 Å². The van der Waals surface area contributed by atoms with Gasteiger partial charge in [-0.15, -0.1) is 0 Å². The second-order valence-corrected chi connectivity index (χ2v) is 8.07. The molecular formula is C20H26F2N2O3. The van der Waals surface area contributed by atoms with E-state index in [-0.39, 0.29) is 24.0 Å². The first-order chi connectivity index (χ1) is 13.0. The summed E-state index contributed by atoms with van der Waals surface area (Å²) in [4.78, 5) is 16.6. The van der Waals surface area contributed by atoms with Crippen molar-refractivity contribution in [2.45, 2.75) is 31.9 Å². The van der Waals surface area contributed by atoms with Crippen LogP contribution in [0.2, 0.25) is 0 Å². The highest BCUT2D eigenvalue weighted by atomic mass is 19.1. The fourth-order valence-electron chi connectivity index (χ4n) is 4.52. The van der Waals surface area contributed by atoms with E-state index in [9.17, 15) is 13.6 Å². The van der Waals surface area contributed by atoms with Gasteiger partial charge in [0.1, 0.15) is 11.6 Å². The number of carbonyl (C=O) groups is 1. The van der Waals surface area contributed by atoms with E-state index in [1.807, 2.05) is 0 Å². The molecule has 3 aliphatic rings. The molecule has 1 atom stereocenters. The fraction of sp³-hybridized carbons (Fsp3) is 0.650. The normalized spacial score (nSPS) is 26.1. The lowest BCUT2D eigenvalue weighted by atomic mass is 9.77. The summed E-state index contributed by atoms with van der Waals surface area (Å²) >= 11 is 0. The summed E-state index contributed by atoms with van der Waals surface area (Å²) in [5.74, 6) is -1.13. The van der Waals surface area contributed by atoms with E-state index < -0.39 is 11.6 Å². The average Bonchev–Trinajstić information content (AvgIpc) is 2.92. The minimum Gasteiger partial charge on any atom is -0.376 e. The van der Waals surface area contributed by atoms with Gasteiger partial charge in [-0.05, 0) is 49.0 Å². The van der Waals surface area contributed by atoms with Gasteiger partial charge in [-0.1, -0.05) is 0 Å². The number of hydrogen-bond donors (Lipinski definition) is 0. The molecule has 0 aromatic heterocycles. The van der Waals surface area contributed by atoms with Gasteiger partial charge < -0.3 is 19.3 Å². The molecule has 1 spiro atoms. The van der Waals surface area contributed by atoms with Crippen LogP contribution in [0.3, 0.4) is 0 Å². The number of benzene rings is 1. The molecule has 0 aliphatic carbocycles. The molecule has 3 heterocycles. The zero-order valence-electron chi connectivity index (χ0n) is 15.5. The van der Waals surface area contributed by atoms with Gasteiger partial charge in [0.2, 0.25) is 5.91 Å². The third-order valence-electron chi connectivity index (χ3n) is 5.96.